The number of amides is 1. The Balaban J connectivity index is 1.41. The number of carbonyl (C=O) groups excluding carboxylic acids is 1. The smallest absolute Gasteiger partial charge is 0.307 e. The Bertz CT molecular complexity index is 1250. The van der Waals surface area contributed by atoms with Crippen molar-refractivity contribution in [2.75, 3.05) is 6.61 Å². The predicted octanol–water partition coefficient (Wildman–Crippen LogP) is 5.78. The number of furan rings is 1. The van der Waals surface area contributed by atoms with E-state index in [1.165, 1.54) is 3.57 Å². The first kappa shape index (κ1) is 21.9. The molecule has 6 nitrogen and oxygen atoms in total. The third kappa shape index (κ3) is 5.47. The number of nitrogens with zero attached hydrogens (tertiary/aromatic N) is 1. The second-order valence-corrected chi connectivity index (χ2v) is 8.14. The van der Waals surface area contributed by atoms with Crippen molar-refractivity contribution in [2.45, 2.75) is 13.5 Å². The molecule has 162 valence electrons. The van der Waals surface area contributed by atoms with Gasteiger partial charge in [-0.3, -0.25) is 4.79 Å². The first-order valence-corrected chi connectivity index (χ1v) is 11.2. The molecule has 32 heavy (non-hydrogen) atoms. The largest absolute Gasteiger partial charge is 0.494 e. The fraction of sp³-hybridized carbons (Fsp3) is 0.120. The van der Waals surface area contributed by atoms with Gasteiger partial charge in [0.15, 0.2) is 5.76 Å². The number of hydrazone groups is 1. The van der Waals surface area contributed by atoms with Gasteiger partial charge in [0.25, 0.3) is 0 Å². The van der Waals surface area contributed by atoms with Crippen molar-refractivity contribution in [3.05, 3.63) is 93.3 Å². The van der Waals surface area contributed by atoms with E-state index in [1.54, 1.807) is 18.3 Å². The summed E-state index contributed by atoms with van der Waals surface area (Å²) in [6.45, 7) is 2.93. The Hall–Kier alpha value is -3.33. The van der Waals surface area contributed by atoms with Gasteiger partial charge < -0.3 is 13.9 Å². The van der Waals surface area contributed by atoms with E-state index in [2.05, 4.69) is 33.1 Å². The monoisotopic (exact) mass is 540 g/mol. The third-order valence-corrected chi connectivity index (χ3v) is 5.34. The lowest BCUT2D eigenvalue weighted by atomic mass is 10.2. The zero-order valence-corrected chi connectivity index (χ0v) is 19.5. The molecule has 7 heteroatoms. The molecule has 1 aromatic heterocycles. The molecule has 0 unspecified atom stereocenters. The average molecular weight is 540 g/mol. The zero-order valence-electron chi connectivity index (χ0n) is 17.4. The summed E-state index contributed by atoms with van der Waals surface area (Å²) in [7, 11) is 0. The van der Waals surface area contributed by atoms with Crippen LogP contribution < -0.4 is 14.9 Å². The topological polar surface area (TPSA) is 73.1 Å². The summed E-state index contributed by atoms with van der Waals surface area (Å²) in [5.74, 6) is 1.14. The van der Waals surface area contributed by atoms with Gasteiger partial charge in [-0.2, -0.15) is 5.10 Å². The maximum absolute atomic E-state index is 12.5. The Kier molecular flexibility index (Phi) is 7.06. The van der Waals surface area contributed by atoms with Crippen molar-refractivity contribution in [1.82, 2.24) is 5.43 Å². The van der Waals surface area contributed by atoms with Gasteiger partial charge >= 0.3 is 5.91 Å². The van der Waals surface area contributed by atoms with E-state index in [1.807, 2.05) is 67.6 Å². The lowest BCUT2D eigenvalue weighted by Crippen LogP contribution is -2.16. The van der Waals surface area contributed by atoms with Crippen LogP contribution in [0.5, 0.6) is 11.5 Å². The highest BCUT2D eigenvalue weighted by Gasteiger charge is 2.12. The van der Waals surface area contributed by atoms with Crippen molar-refractivity contribution < 1.29 is 18.7 Å². The Labute approximate surface area is 199 Å². The summed E-state index contributed by atoms with van der Waals surface area (Å²) >= 11 is 2.27. The fourth-order valence-corrected chi connectivity index (χ4v) is 3.43. The van der Waals surface area contributed by atoms with Crippen LogP contribution in [0.15, 0.2) is 82.3 Å². The van der Waals surface area contributed by atoms with E-state index in [4.69, 9.17) is 13.9 Å². The summed E-state index contributed by atoms with van der Waals surface area (Å²) in [6.07, 6.45) is 1.55. The fourth-order valence-electron chi connectivity index (χ4n) is 3.07. The molecule has 0 radical (unpaired) electrons. The van der Waals surface area contributed by atoms with E-state index >= 15 is 0 Å². The highest BCUT2D eigenvalue weighted by molar-refractivity contribution is 14.1. The molecular weight excluding hydrogens is 519 g/mol. The molecular formula is C25H21IN2O4. The number of ether oxygens (including phenoxy) is 2. The van der Waals surface area contributed by atoms with E-state index < -0.39 is 5.91 Å². The zero-order chi connectivity index (χ0) is 22.3. The second-order valence-electron chi connectivity index (χ2n) is 6.90. The van der Waals surface area contributed by atoms with Crippen molar-refractivity contribution in [3.63, 3.8) is 0 Å². The van der Waals surface area contributed by atoms with Gasteiger partial charge in [-0.05, 0) is 83.6 Å². The van der Waals surface area contributed by atoms with Gasteiger partial charge in [-0.25, -0.2) is 5.43 Å². The van der Waals surface area contributed by atoms with E-state index in [0.29, 0.717) is 24.5 Å². The molecule has 0 spiro atoms. The molecule has 0 saturated carbocycles. The molecule has 4 rings (SSSR count). The molecule has 0 atom stereocenters. The first-order chi connectivity index (χ1) is 15.6. The van der Waals surface area contributed by atoms with Gasteiger partial charge in [0.2, 0.25) is 0 Å². The standard InChI is InChI=1S/C25H21IN2O4/c1-2-30-21-11-12-23-19(13-21)14-24(32-23)25(29)28-27-15-18-5-3-4-6-22(18)31-16-17-7-9-20(26)10-8-17/h3-15H,2,16H2,1H3,(H,28,29)/b27-15+. The van der Waals surface area contributed by atoms with Crippen molar-refractivity contribution in [3.8, 4) is 11.5 Å². The number of hydrogen-bond acceptors (Lipinski definition) is 5. The summed E-state index contributed by atoms with van der Waals surface area (Å²) in [5, 5.41) is 4.86. The Morgan fingerprint density at radius 2 is 1.88 bits per heavy atom. The number of rotatable bonds is 8. The minimum absolute atomic E-state index is 0.175. The van der Waals surface area contributed by atoms with Crippen molar-refractivity contribution in [1.29, 1.82) is 0 Å². The SMILES string of the molecule is CCOc1ccc2oc(C(=O)N/N=C/c3ccccc3OCc3ccc(I)cc3)cc2c1. The normalized spacial score (nSPS) is 11.1. The molecule has 1 amide bonds. The summed E-state index contributed by atoms with van der Waals surface area (Å²) in [4.78, 5) is 12.5. The molecule has 0 bridgehead atoms. The molecule has 0 aliphatic carbocycles. The number of fused-ring (bicyclic) bond motifs is 1. The van der Waals surface area contributed by atoms with Crippen molar-refractivity contribution in [2.24, 2.45) is 5.10 Å². The number of hydrogen-bond donors (Lipinski definition) is 1. The molecule has 0 aliphatic heterocycles. The van der Waals surface area contributed by atoms with Crippen LogP contribution in [0.1, 0.15) is 28.6 Å². The van der Waals surface area contributed by atoms with Gasteiger partial charge in [-0.1, -0.05) is 24.3 Å². The maximum Gasteiger partial charge on any atom is 0.307 e. The first-order valence-electron chi connectivity index (χ1n) is 10.1. The predicted molar refractivity (Wildman–Crippen MR) is 132 cm³/mol. The van der Waals surface area contributed by atoms with Crippen LogP contribution in [0.2, 0.25) is 0 Å². The minimum atomic E-state index is -0.437. The molecule has 3 aromatic carbocycles. The summed E-state index contributed by atoms with van der Waals surface area (Å²) in [5.41, 5.74) is 4.94. The van der Waals surface area contributed by atoms with Crippen LogP contribution in [-0.2, 0) is 6.61 Å². The Morgan fingerprint density at radius 3 is 2.69 bits per heavy atom. The lowest BCUT2D eigenvalue weighted by molar-refractivity contribution is 0.0929. The quantitative estimate of drug-likeness (QED) is 0.175. The van der Waals surface area contributed by atoms with E-state index in [-0.39, 0.29) is 5.76 Å². The van der Waals surface area contributed by atoms with Crippen LogP contribution in [0.25, 0.3) is 11.0 Å². The lowest BCUT2D eigenvalue weighted by Gasteiger charge is -2.09. The maximum atomic E-state index is 12.5. The van der Waals surface area contributed by atoms with Gasteiger partial charge in [0.1, 0.15) is 23.7 Å². The summed E-state index contributed by atoms with van der Waals surface area (Å²) in [6, 6.07) is 22.7. The van der Waals surface area contributed by atoms with Crippen molar-refractivity contribution >= 4 is 45.7 Å². The highest BCUT2D eigenvalue weighted by Crippen LogP contribution is 2.24. The van der Waals surface area contributed by atoms with Crippen LogP contribution in [0.4, 0.5) is 0 Å². The highest BCUT2D eigenvalue weighted by atomic mass is 127. The van der Waals surface area contributed by atoms with Gasteiger partial charge in [0, 0.05) is 14.5 Å². The van der Waals surface area contributed by atoms with Crippen LogP contribution in [0.3, 0.4) is 0 Å². The minimum Gasteiger partial charge on any atom is -0.494 e. The number of para-hydroxylation sites is 1. The number of nitrogens with one attached hydrogen (secondary N) is 1. The van der Waals surface area contributed by atoms with Crippen LogP contribution in [0, 0.1) is 3.57 Å². The number of benzene rings is 3. The molecule has 4 aromatic rings. The molecule has 1 heterocycles. The van der Waals surface area contributed by atoms with Crippen LogP contribution >= 0.6 is 22.6 Å². The molecule has 0 fully saturated rings. The molecule has 0 saturated heterocycles. The van der Waals surface area contributed by atoms with Crippen LogP contribution in [-0.4, -0.2) is 18.7 Å². The summed E-state index contributed by atoms with van der Waals surface area (Å²) < 4.78 is 18.2. The third-order valence-electron chi connectivity index (χ3n) is 4.62. The molecule has 0 aliphatic rings. The number of halogens is 1. The Morgan fingerprint density at radius 1 is 1.06 bits per heavy atom. The average Bonchev–Trinajstić information content (AvgIpc) is 3.23. The molecule has 1 N–H and O–H groups in total. The van der Waals surface area contributed by atoms with E-state index in [0.717, 1.165) is 22.3 Å². The van der Waals surface area contributed by atoms with Gasteiger partial charge in [-0.15, -0.1) is 0 Å². The second kappa shape index (κ2) is 10.3. The number of carbonyl (C=O) groups is 1. The van der Waals surface area contributed by atoms with E-state index in [9.17, 15) is 4.79 Å². The van der Waals surface area contributed by atoms with Gasteiger partial charge in [0.05, 0.1) is 12.8 Å².